The van der Waals surface area contributed by atoms with Crippen molar-refractivity contribution in [2.24, 2.45) is 5.92 Å². The number of rotatable bonds is 2. The van der Waals surface area contributed by atoms with E-state index in [4.69, 9.17) is 14.2 Å². The van der Waals surface area contributed by atoms with E-state index in [9.17, 15) is 10.4 Å². The van der Waals surface area contributed by atoms with Crippen molar-refractivity contribution in [2.45, 2.75) is 67.5 Å². The lowest BCUT2D eigenvalue weighted by Crippen LogP contribution is -2.79. The topological polar surface area (TPSA) is 75.0 Å². The van der Waals surface area contributed by atoms with E-state index in [1.165, 1.54) is 18.4 Å². The van der Waals surface area contributed by atoms with Gasteiger partial charge in [0.25, 0.3) is 0 Å². The fourth-order valence-electron chi connectivity index (χ4n) is 7.31. The molecular formula is C23H26N2O4. The first-order valence-electron chi connectivity index (χ1n) is 11.1. The highest BCUT2D eigenvalue weighted by molar-refractivity contribution is 5.63. The molecule has 152 valence electrons. The molecule has 3 aliphatic carbocycles. The van der Waals surface area contributed by atoms with Crippen molar-refractivity contribution >= 4 is 0 Å². The Bertz CT molecular complexity index is 947. The maximum Gasteiger partial charge on any atom is 0.207 e. The average Bonchev–Trinajstić information content (AvgIpc) is 3.28. The smallest absolute Gasteiger partial charge is 0.207 e. The number of ether oxygens (including phenoxy) is 3. The number of hydrogen-bond acceptors (Lipinski definition) is 6. The summed E-state index contributed by atoms with van der Waals surface area (Å²) in [4.78, 5) is 2.55. The third-order valence-corrected chi connectivity index (χ3v) is 8.68. The Kier molecular flexibility index (Phi) is 3.14. The lowest BCUT2D eigenvalue weighted by molar-refractivity contribution is -0.296. The monoisotopic (exact) mass is 394 g/mol. The fraction of sp³-hybridized carbons (Fsp3) is 0.696. The predicted octanol–water partition coefficient (Wildman–Crippen LogP) is 1.87. The second kappa shape index (κ2) is 5.33. The highest BCUT2D eigenvalue weighted by Gasteiger charge is 2.77. The molecule has 4 fully saturated rings. The minimum absolute atomic E-state index is 0.0908. The molecule has 3 aliphatic heterocycles. The average molecular weight is 394 g/mol. The van der Waals surface area contributed by atoms with Crippen LogP contribution in [0.4, 0.5) is 0 Å². The summed E-state index contributed by atoms with van der Waals surface area (Å²) in [7, 11) is 0. The summed E-state index contributed by atoms with van der Waals surface area (Å²) >= 11 is 0. The molecule has 2 saturated heterocycles. The van der Waals surface area contributed by atoms with Crippen molar-refractivity contribution in [1.82, 2.24) is 4.90 Å². The molecule has 6 nitrogen and oxygen atoms in total. The van der Waals surface area contributed by atoms with Crippen LogP contribution in [0.3, 0.4) is 0 Å². The molecule has 3 heterocycles. The molecule has 2 bridgehead atoms. The van der Waals surface area contributed by atoms with Crippen LogP contribution in [0.2, 0.25) is 0 Å². The van der Waals surface area contributed by atoms with Gasteiger partial charge in [0.15, 0.2) is 6.10 Å². The Balaban J connectivity index is 1.46. The maximum absolute atomic E-state index is 12.4. The molecule has 2 spiro atoms. The third-order valence-electron chi connectivity index (χ3n) is 8.68. The van der Waals surface area contributed by atoms with E-state index in [1.807, 2.05) is 6.07 Å². The van der Waals surface area contributed by atoms with Gasteiger partial charge in [-0.1, -0.05) is 6.07 Å². The van der Waals surface area contributed by atoms with Crippen LogP contribution in [0.5, 0.6) is 5.75 Å². The quantitative estimate of drug-likeness (QED) is 0.825. The number of nitriles is 1. The van der Waals surface area contributed by atoms with Crippen LogP contribution in [-0.4, -0.2) is 59.8 Å². The SMILES string of the molecule is N#Cc1ccc2c3c1OC1C4(CCC5(O)[C@@H](C2)N(CC2CC2)CC[C@]315)OCCO4. The normalized spacial score (nSPS) is 41.1. The lowest BCUT2D eigenvalue weighted by Gasteiger charge is -2.65. The van der Waals surface area contributed by atoms with E-state index in [0.29, 0.717) is 37.4 Å². The highest BCUT2D eigenvalue weighted by Crippen LogP contribution is 2.67. The second-order valence-electron chi connectivity index (χ2n) is 9.90. The Morgan fingerprint density at radius 1 is 1.17 bits per heavy atom. The van der Waals surface area contributed by atoms with Gasteiger partial charge >= 0.3 is 0 Å². The predicted molar refractivity (Wildman–Crippen MR) is 102 cm³/mol. The summed E-state index contributed by atoms with van der Waals surface area (Å²) in [6.07, 6.45) is 5.16. The Labute approximate surface area is 170 Å². The van der Waals surface area contributed by atoms with Gasteiger partial charge < -0.3 is 19.3 Å². The molecule has 1 aromatic rings. The minimum Gasteiger partial charge on any atom is -0.482 e. The van der Waals surface area contributed by atoms with E-state index >= 15 is 0 Å². The summed E-state index contributed by atoms with van der Waals surface area (Å²) in [5.74, 6) is 0.649. The first kappa shape index (κ1) is 17.1. The van der Waals surface area contributed by atoms with Gasteiger partial charge in [-0.25, -0.2) is 0 Å². The molecule has 1 aromatic carbocycles. The molecule has 1 N–H and O–H groups in total. The van der Waals surface area contributed by atoms with Gasteiger partial charge in [0.05, 0.1) is 29.8 Å². The van der Waals surface area contributed by atoms with Crippen molar-refractivity contribution in [3.05, 3.63) is 28.8 Å². The molecule has 7 rings (SSSR count). The number of likely N-dealkylation sites (tertiary alicyclic amines) is 1. The van der Waals surface area contributed by atoms with E-state index in [0.717, 1.165) is 37.4 Å². The molecule has 29 heavy (non-hydrogen) atoms. The first-order valence-corrected chi connectivity index (χ1v) is 11.1. The Morgan fingerprint density at radius 2 is 2.00 bits per heavy atom. The van der Waals surface area contributed by atoms with Crippen molar-refractivity contribution in [1.29, 1.82) is 5.26 Å². The van der Waals surface area contributed by atoms with E-state index in [1.54, 1.807) is 0 Å². The zero-order chi connectivity index (χ0) is 19.4. The number of benzene rings is 1. The minimum atomic E-state index is -0.877. The van der Waals surface area contributed by atoms with Crippen molar-refractivity contribution in [3.8, 4) is 11.8 Å². The number of aliphatic hydroxyl groups is 1. The molecule has 0 radical (unpaired) electrons. The summed E-state index contributed by atoms with van der Waals surface area (Å²) in [5, 5.41) is 22.1. The molecule has 2 unspecified atom stereocenters. The van der Waals surface area contributed by atoms with Crippen LogP contribution >= 0.6 is 0 Å². The molecule has 6 heteroatoms. The molecule has 0 aromatic heterocycles. The van der Waals surface area contributed by atoms with E-state index in [2.05, 4.69) is 17.0 Å². The zero-order valence-electron chi connectivity index (χ0n) is 16.5. The Hall–Kier alpha value is -1.65. The molecule has 4 atom stereocenters. The maximum atomic E-state index is 12.4. The van der Waals surface area contributed by atoms with Crippen LogP contribution in [0, 0.1) is 17.2 Å². The molecule has 6 aliphatic rings. The van der Waals surface area contributed by atoms with Crippen molar-refractivity contribution < 1.29 is 19.3 Å². The zero-order valence-corrected chi connectivity index (χ0v) is 16.5. The van der Waals surface area contributed by atoms with Gasteiger partial charge in [-0.15, -0.1) is 0 Å². The summed E-state index contributed by atoms with van der Waals surface area (Å²) in [6, 6.07) is 6.38. The van der Waals surface area contributed by atoms with Crippen LogP contribution in [0.15, 0.2) is 12.1 Å². The van der Waals surface area contributed by atoms with Gasteiger partial charge in [-0.3, -0.25) is 4.90 Å². The van der Waals surface area contributed by atoms with Gasteiger partial charge in [0.2, 0.25) is 5.79 Å². The van der Waals surface area contributed by atoms with Crippen LogP contribution in [-0.2, 0) is 21.3 Å². The van der Waals surface area contributed by atoms with Gasteiger partial charge in [-0.05, 0) is 56.2 Å². The summed E-state index contributed by atoms with van der Waals surface area (Å²) in [6.45, 7) is 3.15. The highest BCUT2D eigenvalue weighted by atomic mass is 16.8. The van der Waals surface area contributed by atoms with Gasteiger partial charge in [0, 0.05) is 24.6 Å². The van der Waals surface area contributed by atoms with Gasteiger partial charge in [0.1, 0.15) is 11.8 Å². The summed E-state index contributed by atoms with van der Waals surface area (Å²) < 4.78 is 19.0. The third kappa shape index (κ3) is 1.87. The molecule has 2 saturated carbocycles. The molecular weight excluding hydrogens is 368 g/mol. The van der Waals surface area contributed by atoms with Crippen LogP contribution in [0.1, 0.15) is 48.8 Å². The number of nitrogens with zero attached hydrogens (tertiary/aromatic N) is 2. The number of fused-ring (bicyclic) bond motifs is 1. The van der Waals surface area contributed by atoms with E-state index < -0.39 is 22.9 Å². The second-order valence-corrected chi connectivity index (χ2v) is 9.90. The van der Waals surface area contributed by atoms with Crippen LogP contribution < -0.4 is 4.74 Å². The largest absolute Gasteiger partial charge is 0.482 e. The van der Waals surface area contributed by atoms with Crippen LogP contribution in [0.25, 0.3) is 0 Å². The van der Waals surface area contributed by atoms with E-state index in [-0.39, 0.29) is 6.04 Å². The summed E-state index contributed by atoms with van der Waals surface area (Å²) in [5.41, 5.74) is 1.42. The Morgan fingerprint density at radius 3 is 2.76 bits per heavy atom. The van der Waals surface area contributed by atoms with Crippen molar-refractivity contribution in [3.63, 3.8) is 0 Å². The number of piperidine rings is 1. The van der Waals surface area contributed by atoms with Gasteiger partial charge in [-0.2, -0.15) is 5.26 Å². The fourth-order valence-corrected chi connectivity index (χ4v) is 7.31. The standard InChI is InChI=1S/C23H26N2O4/c24-12-16-4-3-15-11-17-22(26)5-6-23(27-9-10-28-23)20-21(22,18(15)19(16)29-20)7-8-25(17)13-14-1-2-14/h3-4,14,17,20,26H,1-2,5-11,13H2/t17-,20?,21+,22?/m1/s1. The molecule has 0 amide bonds. The first-order chi connectivity index (χ1) is 14.1. The van der Waals surface area contributed by atoms with Crippen molar-refractivity contribution in [2.75, 3.05) is 26.3 Å². The lowest BCUT2D eigenvalue weighted by atomic mass is 9.48. The number of hydrogen-bond donors (Lipinski definition) is 1.